The average Bonchev–Trinajstić information content (AvgIpc) is 3.05. The summed E-state index contributed by atoms with van der Waals surface area (Å²) >= 11 is 0. The third-order valence-corrected chi connectivity index (χ3v) is 4.98. The molecule has 10 heteroatoms. The summed E-state index contributed by atoms with van der Waals surface area (Å²) in [5.74, 6) is 1.61. The van der Waals surface area contributed by atoms with Gasteiger partial charge in [0.05, 0.1) is 19.4 Å². The van der Waals surface area contributed by atoms with E-state index in [1.54, 1.807) is 18.2 Å². The van der Waals surface area contributed by atoms with Gasteiger partial charge in [0.2, 0.25) is 0 Å². The predicted octanol–water partition coefficient (Wildman–Crippen LogP) is 2.78. The highest BCUT2D eigenvalue weighted by Crippen LogP contribution is 2.45. The molecule has 0 radical (unpaired) electrons. The van der Waals surface area contributed by atoms with Crippen LogP contribution in [0.3, 0.4) is 0 Å². The second kappa shape index (κ2) is 8.58. The standard InChI is InChI=1S/C20H24FN3O6/c1-4-8-28-11-6-5-7-12-16(11)22-18-13(29-12)9-24(20(25)23-18)19-15(21)17(27-3)14(30-19)10-26-2/h5-7,9,14-15,17,19H,4,8,10H2,1-3H3,(H,22,23,25)/t14-,15+,17?,19-/m1/s1. The molecule has 2 aromatic rings. The zero-order valence-electron chi connectivity index (χ0n) is 17.0. The van der Waals surface area contributed by atoms with Gasteiger partial charge >= 0.3 is 5.69 Å². The van der Waals surface area contributed by atoms with Crippen molar-refractivity contribution in [2.75, 3.05) is 32.8 Å². The summed E-state index contributed by atoms with van der Waals surface area (Å²) in [5.41, 5.74) is -0.0935. The molecule has 0 spiro atoms. The fraction of sp³-hybridized carbons (Fsp3) is 0.500. The molecule has 1 aromatic carbocycles. The molecule has 1 saturated heterocycles. The lowest BCUT2D eigenvalue weighted by Gasteiger charge is -2.24. The first-order valence-electron chi connectivity index (χ1n) is 9.72. The second-order valence-electron chi connectivity index (χ2n) is 7.01. The Hall–Kier alpha value is -2.69. The van der Waals surface area contributed by atoms with Crippen molar-refractivity contribution >= 4 is 11.5 Å². The average molecular weight is 421 g/mol. The number of para-hydroxylation sites is 1. The Bertz CT molecular complexity index is 968. The molecule has 0 aliphatic carbocycles. The van der Waals surface area contributed by atoms with Gasteiger partial charge < -0.3 is 29.0 Å². The molecule has 3 heterocycles. The van der Waals surface area contributed by atoms with Gasteiger partial charge in [0.15, 0.2) is 29.7 Å². The molecule has 0 saturated carbocycles. The first-order chi connectivity index (χ1) is 14.6. The fourth-order valence-corrected chi connectivity index (χ4v) is 3.58. The summed E-state index contributed by atoms with van der Waals surface area (Å²) in [4.78, 5) is 16.7. The minimum Gasteiger partial charge on any atom is -0.491 e. The van der Waals surface area contributed by atoms with Gasteiger partial charge in [-0.3, -0.25) is 4.57 Å². The van der Waals surface area contributed by atoms with Gasteiger partial charge in [0, 0.05) is 14.2 Å². The quantitative estimate of drug-likeness (QED) is 0.623. The lowest BCUT2D eigenvalue weighted by atomic mass is 10.1. The van der Waals surface area contributed by atoms with Crippen LogP contribution >= 0.6 is 0 Å². The van der Waals surface area contributed by atoms with Crippen molar-refractivity contribution in [2.45, 2.75) is 38.0 Å². The number of benzene rings is 1. The molecule has 4 atom stereocenters. The van der Waals surface area contributed by atoms with E-state index in [1.807, 2.05) is 6.92 Å². The number of nitrogens with zero attached hydrogens (tertiary/aromatic N) is 2. The van der Waals surface area contributed by atoms with E-state index in [0.717, 1.165) is 11.0 Å². The Balaban J connectivity index is 1.64. The number of alkyl halides is 1. The van der Waals surface area contributed by atoms with Crippen LogP contribution in [0.15, 0.2) is 29.2 Å². The van der Waals surface area contributed by atoms with Crippen molar-refractivity contribution in [3.8, 4) is 17.2 Å². The monoisotopic (exact) mass is 421 g/mol. The molecular weight excluding hydrogens is 397 g/mol. The number of aromatic nitrogens is 2. The summed E-state index contributed by atoms with van der Waals surface area (Å²) < 4.78 is 43.7. The van der Waals surface area contributed by atoms with Gasteiger partial charge in [-0.1, -0.05) is 13.0 Å². The molecule has 0 amide bonds. The number of nitrogens with one attached hydrogen (secondary N) is 1. The lowest BCUT2D eigenvalue weighted by molar-refractivity contribution is -0.0625. The zero-order chi connectivity index (χ0) is 21.3. The van der Waals surface area contributed by atoms with Crippen LogP contribution in [0, 0.1) is 0 Å². The van der Waals surface area contributed by atoms with E-state index in [9.17, 15) is 9.18 Å². The number of rotatable bonds is 7. The molecule has 1 fully saturated rings. The number of fused-ring (bicyclic) bond motifs is 2. The molecule has 9 nitrogen and oxygen atoms in total. The Morgan fingerprint density at radius 1 is 1.30 bits per heavy atom. The maximum absolute atomic E-state index is 15.0. The van der Waals surface area contributed by atoms with Crippen LogP contribution in [0.1, 0.15) is 19.6 Å². The largest absolute Gasteiger partial charge is 0.491 e. The van der Waals surface area contributed by atoms with Crippen molar-refractivity contribution in [2.24, 2.45) is 0 Å². The third-order valence-electron chi connectivity index (χ3n) is 4.98. The Kier molecular flexibility index (Phi) is 5.89. The third kappa shape index (κ3) is 3.62. The van der Waals surface area contributed by atoms with Crippen LogP contribution in [0.4, 0.5) is 15.9 Å². The van der Waals surface area contributed by atoms with Gasteiger partial charge in [0.1, 0.15) is 23.6 Å². The van der Waals surface area contributed by atoms with Gasteiger partial charge in [0.25, 0.3) is 0 Å². The summed E-state index contributed by atoms with van der Waals surface area (Å²) in [6, 6.07) is 5.37. The maximum Gasteiger partial charge on any atom is 0.352 e. The van der Waals surface area contributed by atoms with Gasteiger partial charge in [-0.2, -0.15) is 4.98 Å². The Labute approximate surface area is 172 Å². The zero-order valence-corrected chi connectivity index (χ0v) is 17.0. The van der Waals surface area contributed by atoms with E-state index in [4.69, 9.17) is 23.7 Å². The minimum atomic E-state index is -1.58. The number of methoxy groups -OCH3 is 2. The molecule has 2 aliphatic rings. The molecule has 1 aromatic heterocycles. The molecule has 4 rings (SSSR count). The van der Waals surface area contributed by atoms with Crippen LogP contribution in [0.25, 0.3) is 0 Å². The second-order valence-corrected chi connectivity index (χ2v) is 7.01. The van der Waals surface area contributed by atoms with Crippen LogP contribution in [0.2, 0.25) is 0 Å². The summed E-state index contributed by atoms with van der Waals surface area (Å²) in [5, 5.41) is 3.08. The van der Waals surface area contributed by atoms with Gasteiger partial charge in [-0.15, -0.1) is 0 Å². The molecular formula is C20H24FN3O6. The maximum atomic E-state index is 15.0. The van der Waals surface area contributed by atoms with Gasteiger partial charge in [-0.05, 0) is 18.6 Å². The van der Waals surface area contributed by atoms with Gasteiger partial charge in [-0.25, -0.2) is 9.18 Å². The molecule has 162 valence electrons. The summed E-state index contributed by atoms with van der Waals surface area (Å²) in [7, 11) is 2.88. The summed E-state index contributed by atoms with van der Waals surface area (Å²) in [6.07, 6.45) is -2.06. The van der Waals surface area contributed by atoms with Crippen molar-refractivity contribution < 1.29 is 28.1 Å². The van der Waals surface area contributed by atoms with Crippen molar-refractivity contribution in [3.05, 3.63) is 34.9 Å². The number of ether oxygens (including phenoxy) is 5. The number of hydrogen-bond acceptors (Lipinski definition) is 8. The van der Waals surface area contributed by atoms with Crippen molar-refractivity contribution in [1.29, 1.82) is 0 Å². The predicted molar refractivity (Wildman–Crippen MR) is 106 cm³/mol. The Morgan fingerprint density at radius 3 is 2.87 bits per heavy atom. The number of hydrogen-bond donors (Lipinski definition) is 1. The minimum absolute atomic E-state index is 0.133. The van der Waals surface area contributed by atoms with E-state index in [2.05, 4.69) is 10.3 Å². The fourth-order valence-electron chi connectivity index (χ4n) is 3.58. The van der Waals surface area contributed by atoms with E-state index < -0.39 is 30.3 Å². The highest BCUT2D eigenvalue weighted by Gasteiger charge is 2.47. The first kappa shape index (κ1) is 20.6. The Morgan fingerprint density at radius 2 is 2.13 bits per heavy atom. The molecule has 1 unspecified atom stereocenters. The van der Waals surface area contributed by atoms with E-state index in [1.165, 1.54) is 20.4 Å². The molecule has 1 N–H and O–H groups in total. The molecule has 2 aliphatic heterocycles. The van der Waals surface area contributed by atoms with Crippen molar-refractivity contribution in [3.63, 3.8) is 0 Å². The molecule has 30 heavy (non-hydrogen) atoms. The lowest BCUT2D eigenvalue weighted by Crippen LogP contribution is -2.35. The topological polar surface area (TPSA) is 93.1 Å². The number of anilines is 2. The first-order valence-corrected chi connectivity index (χ1v) is 9.72. The SMILES string of the molecule is CCCOc1cccc2c1Nc1nc(=O)n([C@@H]3O[C@H](COC)C(OC)[C@@H]3F)cc1O2. The normalized spacial score (nSPS) is 24.5. The highest BCUT2D eigenvalue weighted by molar-refractivity contribution is 5.77. The van der Waals surface area contributed by atoms with Crippen LogP contribution in [-0.4, -0.2) is 55.4 Å². The number of halogens is 1. The van der Waals surface area contributed by atoms with Crippen LogP contribution in [-0.2, 0) is 14.2 Å². The van der Waals surface area contributed by atoms with E-state index in [0.29, 0.717) is 23.8 Å². The smallest absolute Gasteiger partial charge is 0.352 e. The van der Waals surface area contributed by atoms with Crippen LogP contribution < -0.4 is 20.5 Å². The van der Waals surface area contributed by atoms with E-state index in [-0.39, 0.29) is 18.2 Å². The van der Waals surface area contributed by atoms with Crippen LogP contribution in [0.5, 0.6) is 17.2 Å². The summed E-state index contributed by atoms with van der Waals surface area (Å²) in [6.45, 7) is 2.68. The van der Waals surface area contributed by atoms with Crippen molar-refractivity contribution in [1.82, 2.24) is 9.55 Å². The molecule has 0 bridgehead atoms. The van der Waals surface area contributed by atoms with E-state index >= 15 is 0 Å². The highest BCUT2D eigenvalue weighted by atomic mass is 19.1.